The Bertz CT molecular complexity index is 557. The highest BCUT2D eigenvalue weighted by molar-refractivity contribution is 7.92. The molecule has 0 spiro atoms. The zero-order chi connectivity index (χ0) is 15.5. The summed E-state index contributed by atoms with van der Waals surface area (Å²) in [5.74, 6) is 0.229. The summed E-state index contributed by atoms with van der Waals surface area (Å²) in [7, 11) is -2.99. The van der Waals surface area contributed by atoms with Crippen LogP contribution < -0.4 is 5.32 Å². The van der Waals surface area contributed by atoms with Gasteiger partial charge in [-0.2, -0.15) is 0 Å². The molecule has 1 fully saturated rings. The molecule has 5 heteroatoms. The SMILES string of the molecule is CC(C)S(=O)(=O)CCN1CCNCC1(C)c1ccccc1. The third-order valence-electron chi connectivity index (χ3n) is 4.49. The second kappa shape index (κ2) is 6.46. The van der Waals surface area contributed by atoms with Crippen LogP contribution in [-0.2, 0) is 15.4 Å². The van der Waals surface area contributed by atoms with E-state index in [-0.39, 0.29) is 16.5 Å². The van der Waals surface area contributed by atoms with Gasteiger partial charge in [0.15, 0.2) is 9.84 Å². The van der Waals surface area contributed by atoms with Gasteiger partial charge in [0.05, 0.1) is 16.5 Å². The number of piperazine rings is 1. The van der Waals surface area contributed by atoms with Crippen molar-refractivity contribution in [1.29, 1.82) is 0 Å². The minimum absolute atomic E-state index is 0.147. The molecule has 1 aromatic carbocycles. The van der Waals surface area contributed by atoms with E-state index in [1.165, 1.54) is 5.56 Å². The van der Waals surface area contributed by atoms with Crippen LogP contribution in [0.2, 0.25) is 0 Å². The van der Waals surface area contributed by atoms with Crippen LogP contribution in [0.3, 0.4) is 0 Å². The van der Waals surface area contributed by atoms with E-state index >= 15 is 0 Å². The molecule has 0 aliphatic carbocycles. The third-order valence-corrected chi connectivity index (χ3v) is 6.67. The number of nitrogens with one attached hydrogen (secondary N) is 1. The summed E-state index contributed by atoms with van der Waals surface area (Å²) >= 11 is 0. The van der Waals surface area contributed by atoms with Crippen molar-refractivity contribution in [2.45, 2.75) is 31.6 Å². The first-order valence-electron chi connectivity index (χ1n) is 7.59. The number of sulfone groups is 1. The molecule has 0 aromatic heterocycles. The molecule has 1 aliphatic rings. The molecule has 1 aromatic rings. The van der Waals surface area contributed by atoms with Crippen molar-refractivity contribution in [1.82, 2.24) is 10.2 Å². The summed E-state index contributed by atoms with van der Waals surface area (Å²) in [6.45, 7) is 8.92. The molecule has 1 saturated heterocycles. The minimum atomic E-state index is -2.99. The Morgan fingerprint density at radius 3 is 2.57 bits per heavy atom. The van der Waals surface area contributed by atoms with Crippen LogP contribution in [-0.4, -0.2) is 50.5 Å². The minimum Gasteiger partial charge on any atom is -0.313 e. The van der Waals surface area contributed by atoms with Gasteiger partial charge < -0.3 is 5.32 Å². The highest BCUT2D eigenvalue weighted by Gasteiger charge is 2.36. The number of hydrogen-bond donors (Lipinski definition) is 1. The normalized spacial score (nSPS) is 24.4. The van der Waals surface area contributed by atoms with E-state index in [9.17, 15) is 8.42 Å². The van der Waals surface area contributed by atoms with Crippen LogP contribution in [0.15, 0.2) is 30.3 Å². The van der Waals surface area contributed by atoms with Gasteiger partial charge in [-0.05, 0) is 26.3 Å². The summed E-state index contributed by atoms with van der Waals surface area (Å²) < 4.78 is 24.2. The van der Waals surface area contributed by atoms with Crippen molar-refractivity contribution < 1.29 is 8.42 Å². The van der Waals surface area contributed by atoms with Crippen molar-refractivity contribution in [2.75, 3.05) is 31.9 Å². The van der Waals surface area contributed by atoms with Gasteiger partial charge >= 0.3 is 0 Å². The molecule has 0 saturated carbocycles. The van der Waals surface area contributed by atoms with Crippen LogP contribution in [0.1, 0.15) is 26.3 Å². The quantitative estimate of drug-likeness (QED) is 0.898. The fourth-order valence-electron chi connectivity index (χ4n) is 2.82. The van der Waals surface area contributed by atoms with Gasteiger partial charge in [0.2, 0.25) is 0 Å². The predicted molar refractivity (Wildman–Crippen MR) is 87.2 cm³/mol. The lowest BCUT2D eigenvalue weighted by molar-refractivity contribution is 0.0800. The van der Waals surface area contributed by atoms with Crippen molar-refractivity contribution in [3.8, 4) is 0 Å². The molecule has 1 unspecified atom stereocenters. The van der Waals surface area contributed by atoms with Gasteiger partial charge in [0.1, 0.15) is 0 Å². The number of nitrogens with zero attached hydrogens (tertiary/aromatic N) is 1. The summed E-state index contributed by atoms with van der Waals surface area (Å²) in [6, 6.07) is 10.3. The molecule has 2 rings (SSSR count). The molecule has 0 bridgehead atoms. The van der Waals surface area contributed by atoms with E-state index in [0.717, 1.165) is 19.6 Å². The van der Waals surface area contributed by atoms with E-state index in [2.05, 4.69) is 29.3 Å². The van der Waals surface area contributed by atoms with Crippen molar-refractivity contribution >= 4 is 9.84 Å². The Balaban J connectivity index is 2.17. The Morgan fingerprint density at radius 1 is 1.29 bits per heavy atom. The van der Waals surface area contributed by atoms with Gasteiger partial charge in [0.25, 0.3) is 0 Å². The molecular formula is C16H26N2O2S. The van der Waals surface area contributed by atoms with Crippen molar-refractivity contribution in [3.63, 3.8) is 0 Å². The maximum atomic E-state index is 12.1. The largest absolute Gasteiger partial charge is 0.313 e. The Morgan fingerprint density at radius 2 is 1.95 bits per heavy atom. The molecule has 21 heavy (non-hydrogen) atoms. The average Bonchev–Trinajstić information content (AvgIpc) is 2.47. The van der Waals surface area contributed by atoms with E-state index in [4.69, 9.17) is 0 Å². The molecule has 1 aliphatic heterocycles. The molecule has 0 radical (unpaired) electrons. The second-order valence-electron chi connectivity index (χ2n) is 6.22. The number of rotatable bonds is 5. The maximum absolute atomic E-state index is 12.1. The van der Waals surface area contributed by atoms with Gasteiger partial charge in [-0.25, -0.2) is 8.42 Å². The molecule has 1 heterocycles. The molecule has 1 atom stereocenters. The Hall–Kier alpha value is -0.910. The van der Waals surface area contributed by atoms with Gasteiger partial charge in [-0.3, -0.25) is 4.90 Å². The zero-order valence-electron chi connectivity index (χ0n) is 13.2. The fraction of sp³-hybridized carbons (Fsp3) is 0.625. The predicted octanol–water partition coefficient (Wildman–Crippen LogP) is 1.63. The third kappa shape index (κ3) is 3.65. The van der Waals surface area contributed by atoms with E-state index < -0.39 is 9.84 Å². The van der Waals surface area contributed by atoms with Crippen molar-refractivity contribution in [2.24, 2.45) is 0 Å². The van der Waals surface area contributed by atoms with E-state index in [0.29, 0.717) is 6.54 Å². The highest BCUT2D eigenvalue weighted by Crippen LogP contribution is 2.29. The van der Waals surface area contributed by atoms with Crippen LogP contribution in [0.5, 0.6) is 0 Å². The lowest BCUT2D eigenvalue weighted by atomic mass is 9.88. The number of hydrogen-bond acceptors (Lipinski definition) is 4. The zero-order valence-corrected chi connectivity index (χ0v) is 14.0. The smallest absolute Gasteiger partial charge is 0.153 e. The molecule has 4 nitrogen and oxygen atoms in total. The Kier molecular flexibility index (Phi) is 5.07. The summed E-state index contributed by atoms with van der Waals surface area (Å²) in [5.41, 5.74) is 1.09. The molecule has 1 N–H and O–H groups in total. The summed E-state index contributed by atoms with van der Waals surface area (Å²) in [6.07, 6.45) is 0. The van der Waals surface area contributed by atoms with Gasteiger partial charge in [0, 0.05) is 26.2 Å². The van der Waals surface area contributed by atoms with Gasteiger partial charge in [-0.1, -0.05) is 30.3 Å². The highest BCUT2D eigenvalue weighted by atomic mass is 32.2. The van der Waals surface area contributed by atoms with Gasteiger partial charge in [-0.15, -0.1) is 0 Å². The average molecular weight is 310 g/mol. The summed E-state index contributed by atoms with van der Waals surface area (Å²) in [5, 5.41) is 3.13. The molecule has 0 amide bonds. The number of benzene rings is 1. The van der Waals surface area contributed by atoms with E-state index in [1.54, 1.807) is 13.8 Å². The summed E-state index contributed by atoms with van der Waals surface area (Å²) in [4.78, 5) is 2.30. The molecule has 118 valence electrons. The first-order valence-corrected chi connectivity index (χ1v) is 9.31. The first-order chi connectivity index (χ1) is 9.86. The van der Waals surface area contributed by atoms with Crippen LogP contribution >= 0.6 is 0 Å². The van der Waals surface area contributed by atoms with Crippen LogP contribution in [0.25, 0.3) is 0 Å². The maximum Gasteiger partial charge on any atom is 0.153 e. The second-order valence-corrected chi connectivity index (χ2v) is 8.90. The Labute approximate surface area is 128 Å². The lowest BCUT2D eigenvalue weighted by Gasteiger charge is -2.45. The lowest BCUT2D eigenvalue weighted by Crippen LogP contribution is -2.58. The van der Waals surface area contributed by atoms with Crippen LogP contribution in [0.4, 0.5) is 0 Å². The standard InChI is InChI=1S/C16H26N2O2S/c1-14(2)21(19,20)12-11-18-10-9-17-13-16(18,3)15-7-5-4-6-8-15/h4-8,14,17H,9-13H2,1-3H3. The molecular weight excluding hydrogens is 284 g/mol. The topological polar surface area (TPSA) is 49.4 Å². The first kappa shape index (κ1) is 16.5. The van der Waals surface area contributed by atoms with Crippen LogP contribution in [0, 0.1) is 0 Å². The van der Waals surface area contributed by atoms with E-state index in [1.807, 2.05) is 18.2 Å². The van der Waals surface area contributed by atoms with Crippen molar-refractivity contribution in [3.05, 3.63) is 35.9 Å². The monoisotopic (exact) mass is 310 g/mol. The fourth-order valence-corrected chi connectivity index (χ4v) is 3.76.